The number of nitrogens with zero attached hydrogens (tertiary/aromatic N) is 2. The van der Waals surface area contributed by atoms with Gasteiger partial charge in [-0.05, 0) is 44.9 Å². The summed E-state index contributed by atoms with van der Waals surface area (Å²) in [6.07, 6.45) is 2.92. The maximum atomic E-state index is 11.1. The summed E-state index contributed by atoms with van der Waals surface area (Å²) in [5, 5.41) is 9.10. The van der Waals surface area contributed by atoms with Crippen LogP contribution in [0.3, 0.4) is 0 Å². The number of aryl methyl sites for hydroxylation is 1. The van der Waals surface area contributed by atoms with Gasteiger partial charge in [-0.3, -0.25) is 0 Å². The second kappa shape index (κ2) is 5.27. The molecule has 1 aromatic carbocycles. The number of carbonyl (C=O) groups is 1. The lowest BCUT2D eigenvalue weighted by molar-refractivity contribution is 0.0697. The van der Waals surface area contributed by atoms with Crippen LogP contribution >= 0.6 is 0 Å². The Bertz CT molecular complexity index is 641. The van der Waals surface area contributed by atoms with Crippen molar-refractivity contribution < 1.29 is 9.90 Å². The number of aromatic nitrogens is 2. The molecule has 0 aliphatic rings. The molecule has 1 heterocycles. The van der Waals surface area contributed by atoms with Gasteiger partial charge in [0.15, 0.2) is 0 Å². The van der Waals surface area contributed by atoms with Crippen LogP contribution in [-0.4, -0.2) is 20.6 Å². The first kappa shape index (κ1) is 14.6. The van der Waals surface area contributed by atoms with Crippen molar-refractivity contribution in [3.63, 3.8) is 0 Å². The Hall–Kier alpha value is -1.84. The van der Waals surface area contributed by atoms with Crippen molar-refractivity contribution in [2.24, 2.45) is 0 Å². The molecule has 0 unspecified atom stereocenters. The first-order chi connectivity index (χ1) is 9.40. The quantitative estimate of drug-likeness (QED) is 0.901. The minimum absolute atomic E-state index is 0.0238. The topological polar surface area (TPSA) is 55.1 Å². The maximum Gasteiger partial charge on any atom is 0.335 e. The largest absolute Gasteiger partial charge is 0.478 e. The fourth-order valence-corrected chi connectivity index (χ4v) is 2.49. The lowest BCUT2D eigenvalue weighted by Gasteiger charge is -2.28. The number of hydrogen-bond donors (Lipinski definition) is 1. The Labute approximate surface area is 119 Å². The molecule has 0 aliphatic carbocycles. The molecule has 0 saturated carbocycles. The van der Waals surface area contributed by atoms with Crippen LogP contribution in [0.5, 0.6) is 0 Å². The highest BCUT2D eigenvalue weighted by Crippen LogP contribution is 2.29. The van der Waals surface area contributed by atoms with E-state index in [0.717, 1.165) is 36.1 Å². The van der Waals surface area contributed by atoms with Gasteiger partial charge in [0.2, 0.25) is 0 Å². The zero-order chi connectivity index (χ0) is 14.9. The molecule has 2 aromatic rings. The van der Waals surface area contributed by atoms with Crippen molar-refractivity contribution in [3.8, 4) is 0 Å². The number of aromatic carboxylic acids is 1. The van der Waals surface area contributed by atoms with Crippen molar-refractivity contribution in [1.29, 1.82) is 0 Å². The number of hydrogen-bond acceptors (Lipinski definition) is 2. The van der Waals surface area contributed by atoms with Gasteiger partial charge in [0.1, 0.15) is 5.82 Å². The minimum Gasteiger partial charge on any atom is -0.478 e. The van der Waals surface area contributed by atoms with Crippen LogP contribution in [0.25, 0.3) is 11.0 Å². The molecular weight excluding hydrogens is 252 g/mol. The summed E-state index contributed by atoms with van der Waals surface area (Å²) in [5.41, 5.74) is 2.06. The smallest absolute Gasteiger partial charge is 0.335 e. The molecule has 0 atom stereocenters. The van der Waals surface area contributed by atoms with Gasteiger partial charge in [0.05, 0.1) is 16.6 Å². The van der Waals surface area contributed by atoms with E-state index in [4.69, 9.17) is 5.11 Å². The molecule has 20 heavy (non-hydrogen) atoms. The predicted octanol–water partition coefficient (Wildman–Crippen LogP) is 3.83. The average molecular weight is 274 g/mol. The summed E-state index contributed by atoms with van der Waals surface area (Å²) in [5.74, 6) is 0.130. The first-order valence-electron chi connectivity index (χ1n) is 7.16. The standard InChI is InChI=1S/C16H22N2O2/c1-5-7-14-17-12-10-11(15(19)20)8-9-13(12)18(14)16(3,4)6-2/h8-10H,5-7H2,1-4H3,(H,19,20). The Kier molecular flexibility index (Phi) is 3.84. The van der Waals surface area contributed by atoms with Gasteiger partial charge in [-0.25, -0.2) is 9.78 Å². The third-order valence-corrected chi connectivity index (χ3v) is 3.92. The van der Waals surface area contributed by atoms with Crippen molar-refractivity contribution in [1.82, 2.24) is 9.55 Å². The second-order valence-corrected chi connectivity index (χ2v) is 5.79. The van der Waals surface area contributed by atoms with Crippen LogP contribution in [0, 0.1) is 0 Å². The molecular formula is C16H22N2O2. The van der Waals surface area contributed by atoms with Gasteiger partial charge in [-0.2, -0.15) is 0 Å². The third-order valence-electron chi connectivity index (χ3n) is 3.92. The van der Waals surface area contributed by atoms with Crippen molar-refractivity contribution in [2.45, 2.75) is 52.5 Å². The van der Waals surface area contributed by atoms with E-state index in [-0.39, 0.29) is 5.54 Å². The van der Waals surface area contributed by atoms with Gasteiger partial charge in [0.25, 0.3) is 0 Å². The molecule has 108 valence electrons. The molecule has 1 N–H and O–H groups in total. The van der Waals surface area contributed by atoms with E-state index in [1.54, 1.807) is 12.1 Å². The maximum absolute atomic E-state index is 11.1. The van der Waals surface area contributed by atoms with E-state index < -0.39 is 5.97 Å². The van der Waals surface area contributed by atoms with Crippen LogP contribution in [-0.2, 0) is 12.0 Å². The summed E-state index contributed by atoms with van der Waals surface area (Å²) < 4.78 is 2.26. The number of rotatable bonds is 5. The molecule has 0 aliphatic heterocycles. The van der Waals surface area contributed by atoms with Crippen molar-refractivity contribution in [2.75, 3.05) is 0 Å². The molecule has 0 bridgehead atoms. The highest BCUT2D eigenvalue weighted by Gasteiger charge is 2.24. The molecule has 0 spiro atoms. The summed E-state index contributed by atoms with van der Waals surface area (Å²) in [6.45, 7) is 8.68. The molecule has 0 amide bonds. The van der Waals surface area contributed by atoms with Crippen LogP contribution in [0.1, 0.15) is 56.7 Å². The highest BCUT2D eigenvalue weighted by atomic mass is 16.4. The van der Waals surface area contributed by atoms with Gasteiger partial charge in [-0.15, -0.1) is 0 Å². The third kappa shape index (κ3) is 2.42. The molecule has 2 rings (SSSR count). The Morgan fingerprint density at radius 3 is 2.60 bits per heavy atom. The summed E-state index contributed by atoms with van der Waals surface area (Å²) in [6, 6.07) is 5.20. The monoisotopic (exact) mass is 274 g/mol. The molecule has 0 radical (unpaired) electrons. The summed E-state index contributed by atoms with van der Waals surface area (Å²) in [7, 11) is 0. The van der Waals surface area contributed by atoms with Crippen LogP contribution in [0.2, 0.25) is 0 Å². The summed E-state index contributed by atoms with van der Waals surface area (Å²) in [4.78, 5) is 15.7. The average Bonchev–Trinajstić information content (AvgIpc) is 2.76. The van der Waals surface area contributed by atoms with E-state index in [2.05, 4.69) is 37.2 Å². The normalized spacial score (nSPS) is 12.0. The lowest BCUT2D eigenvalue weighted by atomic mass is 10.0. The SMILES string of the molecule is CCCc1nc2cc(C(=O)O)ccc2n1C(C)(C)CC. The highest BCUT2D eigenvalue weighted by molar-refractivity contribution is 5.92. The van der Waals surface area contributed by atoms with E-state index in [1.807, 2.05) is 6.07 Å². The van der Waals surface area contributed by atoms with Gasteiger partial charge >= 0.3 is 5.97 Å². The van der Waals surface area contributed by atoms with E-state index in [0.29, 0.717) is 5.56 Å². The van der Waals surface area contributed by atoms with E-state index in [9.17, 15) is 4.79 Å². The predicted molar refractivity (Wildman–Crippen MR) is 80.3 cm³/mol. The molecule has 1 aromatic heterocycles. The fourth-order valence-electron chi connectivity index (χ4n) is 2.49. The van der Waals surface area contributed by atoms with Crippen LogP contribution < -0.4 is 0 Å². The van der Waals surface area contributed by atoms with Crippen LogP contribution in [0.4, 0.5) is 0 Å². The number of benzene rings is 1. The molecule has 4 heteroatoms. The Morgan fingerprint density at radius 2 is 2.05 bits per heavy atom. The number of carboxylic acid groups (broad SMARTS) is 1. The first-order valence-corrected chi connectivity index (χ1v) is 7.16. The Balaban J connectivity index is 2.70. The number of fused-ring (bicyclic) bond motifs is 1. The zero-order valence-corrected chi connectivity index (χ0v) is 12.6. The van der Waals surface area contributed by atoms with E-state index >= 15 is 0 Å². The van der Waals surface area contributed by atoms with E-state index in [1.165, 1.54) is 0 Å². The van der Waals surface area contributed by atoms with Crippen LogP contribution in [0.15, 0.2) is 18.2 Å². The van der Waals surface area contributed by atoms with Gasteiger partial charge in [-0.1, -0.05) is 13.8 Å². The lowest BCUT2D eigenvalue weighted by Crippen LogP contribution is -2.27. The molecule has 0 saturated heterocycles. The van der Waals surface area contributed by atoms with Gasteiger partial charge < -0.3 is 9.67 Å². The number of imidazole rings is 1. The zero-order valence-electron chi connectivity index (χ0n) is 12.6. The van der Waals surface area contributed by atoms with Gasteiger partial charge in [0, 0.05) is 12.0 Å². The second-order valence-electron chi connectivity index (χ2n) is 5.79. The summed E-state index contributed by atoms with van der Waals surface area (Å²) >= 11 is 0. The van der Waals surface area contributed by atoms with Crippen molar-refractivity contribution >= 4 is 17.0 Å². The molecule has 0 fully saturated rings. The number of carboxylic acids is 1. The Morgan fingerprint density at radius 1 is 1.35 bits per heavy atom. The van der Waals surface area contributed by atoms with Crippen molar-refractivity contribution in [3.05, 3.63) is 29.6 Å². The molecule has 4 nitrogen and oxygen atoms in total. The minimum atomic E-state index is -0.909. The fraction of sp³-hybridized carbons (Fsp3) is 0.500.